The van der Waals surface area contributed by atoms with E-state index in [2.05, 4.69) is 10.1 Å². The van der Waals surface area contributed by atoms with Crippen molar-refractivity contribution >= 4 is 22.6 Å². The molecule has 1 unspecified atom stereocenters. The summed E-state index contributed by atoms with van der Waals surface area (Å²) in [6.07, 6.45) is 0. The fourth-order valence-corrected chi connectivity index (χ4v) is 2.64. The van der Waals surface area contributed by atoms with Crippen LogP contribution >= 0.6 is 11.6 Å². The van der Waals surface area contributed by atoms with Crippen LogP contribution in [0.3, 0.4) is 0 Å². The maximum atomic E-state index is 13.6. The molecule has 4 nitrogen and oxygen atoms in total. The second-order valence-electron chi connectivity index (χ2n) is 5.11. The van der Waals surface area contributed by atoms with Crippen LogP contribution in [0.5, 0.6) is 0 Å². The highest BCUT2D eigenvalue weighted by molar-refractivity contribution is 6.20. The van der Waals surface area contributed by atoms with Crippen molar-refractivity contribution in [2.75, 3.05) is 0 Å². The van der Waals surface area contributed by atoms with Gasteiger partial charge in [0.05, 0.1) is 28.6 Å². The van der Waals surface area contributed by atoms with Gasteiger partial charge < -0.3 is 9.09 Å². The third kappa shape index (κ3) is 2.42. The molecular weight excluding hydrogens is 293 g/mol. The number of imidazole rings is 1. The molecule has 0 amide bonds. The maximum Gasteiger partial charge on any atom is 0.138 e. The van der Waals surface area contributed by atoms with E-state index in [9.17, 15) is 4.39 Å². The third-order valence-electron chi connectivity index (χ3n) is 3.59. The highest BCUT2D eigenvalue weighted by Gasteiger charge is 2.18. The lowest BCUT2D eigenvalue weighted by atomic mass is 10.2. The van der Waals surface area contributed by atoms with E-state index in [-0.39, 0.29) is 11.2 Å². The molecule has 0 aliphatic carbocycles. The van der Waals surface area contributed by atoms with Gasteiger partial charge in [0.25, 0.3) is 0 Å². The number of nitrogens with zero attached hydrogens (tertiary/aromatic N) is 3. The van der Waals surface area contributed by atoms with Crippen molar-refractivity contribution in [2.24, 2.45) is 0 Å². The largest absolute Gasteiger partial charge is 0.361 e. The van der Waals surface area contributed by atoms with Gasteiger partial charge in [0.1, 0.15) is 17.4 Å². The molecule has 3 rings (SSSR count). The van der Waals surface area contributed by atoms with Crippen LogP contribution in [0.2, 0.25) is 0 Å². The Hall–Kier alpha value is -1.88. The van der Waals surface area contributed by atoms with Crippen LogP contribution in [0.15, 0.2) is 22.7 Å². The third-order valence-corrected chi connectivity index (χ3v) is 3.79. The minimum absolute atomic E-state index is 0.277. The SMILES string of the molecule is Cc1noc(C)c1Cn1c(C(C)Cl)nc2ccc(F)cc21. The molecule has 0 aliphatic heterocycles. The standard InChI is InChI=1S/C15H15ClFN3O/c1-8(16)15-18-13-5-4-11(17)6-14(13)20(15)7-12-9(2)19-21-10(12)3/h4-6,8H,7H2,1-3H3. The Morgan fingerprint density at radius 3 is 2.76 bits per heavy atom. The maximum absolute atomic E-state index is 13.6. The van der Waals surface area contributed by atoms with Crippen LogP contribution in [0.25, 0.3) is 11.0 Å². The first-order valence-electron chi connectivity index (χ1n) is 6.69. The zero-order valence-electron chi connectivity index (χ0n) is 12.0. The summed E-state index contributed by atoms with van der Waals surface area (Å²) in [5.41, 5.74) is 3.24. The Morgan fingerprint density at radius 2 is 2.14 bits per heavy atom. The van der Waals surface area contributed by atoms with Crippen molar-refractivity contribution in [3.05, 3.63) is 46.9 Å². The van der Waals surface area contributed by atoms with Crippen molar-refractivity contribution in [2.45, 2.75) is 32.7 Å². The minimum Gasteiger partial charge on any atom is -0.361 e. The van der Waals surface area contributed by atoms with E-state index in [1.807, 2.05) is 25.3 Å². The smallest absolute Gasteiger partial charge is 0.138 e. The molecule has 110 valence electrons. The van der Waals surface area contributed by atoms with Crippen molar-refractivity contribution in [1.82, 2.24) is 14.7 Å². The molecule has 2 aromatic heterocycles. The van der Waals surface area contributed by atoms with Gasteiger partial charge >= 0.3 is 0 Å². The quantitative estimate of drug-likeness (QED) is 0.683. The summed E-state index contributed by atoms with van der Waals surface area (Å²) < 4.78 is 20.7. The molecule has 1 aromatic carbocycles. The second kappa shape index (κ2) is 5.15. The van der Waals surface area contributed by atoms with Crippen molar-refractivity contribution in [1.29, 1.82) is 0 Å². The van der Waals surface area contributed by atoms with Crippen LogP contribution < -0.4 is 0 Å². The van der Waals surface area contributed by atoms with Crippen LogP contribution in [0, 0.1) is 19.7 Å². The lowest BCUT2D eigenvalue weighted by molar-refractivity contribution is 0.392. The van der Waals surface area contributed by atoms with Crippen molar-refractivity contribution < 1.29 is 8.91 Å². The van der Waals surface area contributed by atoms with Gasteiger partial charge in [-0.05, 0) is 39.0 Å². The fourth-order valence-electron chi connectivity index (χ4n) is 2.47. The second-order valence-corrected chi connectivity index (χ2v) is 5.76. The molecule has 0 fully saturated rings. The number of rotatable bonds is 3. The normalized spacial score (nSPS) is 13.0. The Kier molecular flexibility index (Phi) is 3.45. The fraction of sp³-hybridized carbons (Fsp3) is 0.333. The first kappa shape index (κ1) is 14.1. The van der Waals surface area contributed by atoms with Gasteiger partial charge in [-0.1, -0.05) is 5.16 Å². The molecule has 2 heterocycles. The van der Waals surface area contributed by atoms with Crippen LogP contribution in [0.4, 0.5) is 4.39 Å². The topological polar surface area (TPSA) is 43.9 Å². The minimum atomic E-state index is -0.295. The summed E-state index contributed by atoms with van der Waals surface area (Å²) in [6, 6.07) is 4.54. The molecule has 0 radical (unpaired) electrons. The summed E-state index contributed by atoms with van der Waals surface area (Å²) >= 11 is 6.22. The molecule has 21 heavy (non-hydrogen) atoms. The van der Waals surface area contributed by atoms with Crippen LogP contribution in [0.1, 0.15) is 35.1 Å². The number of aryl methyl sites for hydroxylation is 2. The van der Waals surface area contributed by atoms with E-state index in [0.29, 0.717) is 12.4 Å². The van der Waals surface area contributed by atoms with E-state index in [1.54, 1.807) is 6.07 Å². The Bertz CT molecular complexity index is 787. The lowest BCUT2D eigenvalue weighted by Crippen LogP contribution is -2.07. The van der Waals surface area contributed by atoms with E-state index < -0.39 is 0 Å². The van der Waals surface area contributed by atoms with E-state index in [4.69, 9.17) is 16.1 Å². The molecule has 0 bridgehead atoms. The molecule has 0 aliphatic rings. The molecule has 0 N–H and O–H groups in total. The van der Waals surface area contributed by atoms with Crippen LogP contribution in [-0.2, 0) is 6.54 Å². The number of hydrogen-bond acceptors (Lipinski definition) is 3. The Balaban J connectivity index is 2.19. The first-order valence-corrected chi connectivity index (χ1v) is 7.12. The number of alkyl halides is 1. The first-order chi connectivity index (χ1) is 9.97. The predicted molar refractivity (Wildman–Crippen MR) is 79.0 cm³/mol. The van der Waals surface area contributed by atoms with Gasteiger partial charge in [0, 0.05) is 5.56 Å². The molecule has 6 heteroatoms. The summed E-state index contributed by atoms with van der Waals surface area (Å²) in [7, 11) is 0. The molecule has 0 saturated carbocycles. The monoisotopic (exact) mass is 307 g/mol. The highest BCUT2D eigenvalue weighted by Crippen LogP contribution is 2.27. The van der Waals surface area contributed by atoms with Gasteiger partial charge in [0.2, 0.25) is 0 Å². The summed E-state index contributed by atoms with van der Waals surface area (Å²) in [4.78, 5) is 4.51. The molecule has 3 aromatic rings. The molecule has 1 atom stereocenters. The highest BCUT2D eigenvalue weighted by atomic mass is 35.5. The van der Waals surface area contributed by atoms with Gasteiger partial charge in [-0.15, -0.1) is 11.6 Å². The predicted octanol–water partition coefficient (Wildman–Crippen LogP) is 4.13. The van der Waals surface area contributed by atoms with E-state index in [0.717, 1.165) is 28.1 Å². The van der Waals surface area contributed by atoms with Crippen LogP contribution in [-0.4, -0.2) is 14.7 Å². The summed E-state index contributed by atoms with van der Waals surface area (Å²) in [6.45, 7) is 6.10. The number of benzene rings is 1. The molecule has 0 spiro atoms. The Morgan fingerprint density at radius 1 is 1.38 bits per heavy atom. The lowest BCUT2D eigenvalue weighted by Gasteiger charge is -2.10. The van der Waals surface area contributed by atoms with Gasteiger partial charge in [0.15, 0.2) is 0 Å². The zero-order chi connectivity index (χ0) is 15.1. The van der Waals surface area contributed by atoms with Gasteiger partial charge in [-0.3, -0.25) is 0 Å². The number of halogens is 2. The zero-order valence-corrected chi connectivity index (χ0v) is 12.8. The summed E-state index contributed by atoms with van der Waals surface area (Å²) in [5, 5.41) is 3.68. The average molecular weight is 308 g/mol. The van der Waals surface area contributed by atoms with Crippen molar-refractivity contribution in [3.63, 3.8) is 0 Å². The number of hydrogen-bond donors (Lipinski definition) is 0. The number of aromatic nitrogens is 3. The van der Waals surface area contributed by atoms with E-state index in [1.165, 1.54) is 12.1 Å². The van der Waals surface area contributed by atoms with Crippen molar-refractivity contribution in [3.8, 4) is 0 Å². The Labute approximate surface area is 126 Å². The van der Waals surface area contributed by atoms with Gasteiger partial charge in [-0.25, -0.2) is 9.37 Å². The molecular formula is C15H15ClFN3O. The van der Waals surface area contributed by atoms with Gasteiger partial charge in [-0.2, -0.15) is 0 Å². The number of fused-ring (bicyclic) bond motifs is 1. The van der Waals surface area contributed by atoms with E-state index >= 15 is 0 Å². The molecule has 0 saturated heterocycles. The summed E-state index contributed by atoms with van der Waals surface area (Å²) in [5.74, 6) is 1.16. The average Bonchev–Trinajstić information content (AvgIpc) is 2.94.